The van der Waals surface area contributed by atoms with Gasteiger partial charge in [-0.1, -0.05) is 12.7 Å². The normalized spacial score (nSPS) is 15.1. The van der Waals surface area contributed by atoms with Gasteiger partial charge in [0, 0.05) is 5.56 Å². The van der Waals surface area contributed by atoms with E-state index in [1.165, 1.54) is 18.5 Å². The van der Waals surface area contributed by atoms with E-state index >= 15 is 0 Å². The topological polar surface area (TPSA) is 52.0 Å². The van der Waals surface area contributed by atoms with E-state index < -0.39 is 26.9 Å². The second kappa shape index (κ2) is 4.77. The van der Waals surface area contributed by atoms with E-state index in [0.717, 1.165) is 16.2 Å². The average Bonchev–Trinajstić information content (AvgIpc) is 3.19. The minimum absolute atomic E-state index is 0.348. The Morgan fingerprint density at radius 1 is 1.29 bits per heavy atom. The fraction of sp³-hybridized carbons (Fsp3) is 0.214. The van der Waals surface area contributed by atoms with Crippen molar-refractivity contribution < 1.29 is 17.2 Å². The Labute approximate surface area is 120 Å². The van der Waals surface area contributed by atoms with Gasteiger partial charge in [-0.15, -0.1) is 0 Å². The van der Waals surface area contributed by atoms with Crippen LogP contribution in [0.4, 0.5) is 8.78 Å². The maximum absolute atomic E-state index is 13.4. The molecule has 0 N–H and O–H groups in total. The molecule has 7 heteroatoms. The summed E-state index contributed by atoms with van der Waals surface area (Å²) in [5.41, 5.74) is 1.12. The summed E-state index contributed by atoms with van der Waals surface area (Å²) in [4.78, 5) is 0. The molecule has 0 amide bonds. The summed E-state index contributed by atoms with van der Waals surface area (Å²) in [5, 5.41) is 3.44. The predicted octanol–water partition coefficient (Wildman–Crippen LogP) is 2.81. The van der Waals surface area contributed by atoms with E-state index in [-0.39, 0.29) is 0 Å². The van der Waals surface area contributed by atoms with Crippen molar-refractivity contribution in [2.45, 2.75) is 18.1 Å². The summed E-state index contributed by atoms with van der Waals surface area (Å²) in [6, 6.07) is 2.03. The molecule has 21 heavy (non-hydrogen) atoms. The van der Waals surface area contributed by atoms with Gasteiger partial charge < -0.3 is 0 Å². The first-order valence-electron chi connectivity index (χ1n) is 6.34. The molecule has 110 valence electrons. The van der Waals surface area contributed by atoms with Gasteiger partial charge in [0.15, 0.2) is 11.6 Å². The van der Waals surface area contributed by atoms with Crippen LogP contribution in [0.2, 0.25) is 0 Å². The third kappa shape index (κ3) is 2.37. The molecule has 1 aliphatic carbocycles. The van der Waals surface area contributed by atoms with Crippen LogP contribution in [-0.4, -0.2) is 22.9 Å². The van der Waals surface area contributed by atoms with Crippen molar-refractivity contribution in [3.8, 4) is 11.1 Å². The van der Waals surface area contributed by atoms with Gasteiger partial charge in [-0.2, -0.15) is 9.19 Å². The van der Waals surface area contributed by atoms with Gasteiger partial charge in [-0.25, -0.2) is 17.2 Å². The van der Waals surface area contributed by atoms with Crippen LogP contribution in [0.25, 0.3) is 17.2 Å². The first-order chi connectivity index (χ1) is 9.93. The van der Waals surface area contributed by atoms with Crippen LogP contribution in [0.1, 0.15) is 18.4 Å². The lowest BCUT2D eigenvalue weighted by Gasteiger charge is -2.05. The van der Waals surface area contributed by atoms with E-state index in [4.69, 9.17) is 0 Å². The predicted molar refractivity (Wildman–Crippen MR) is 75.0 cm³/mol. The fourth-order valence-corrected chi connectivity index (χ4v) is 3.56. The minimum atomic E-state index is -3.48. The smallest absolute Gasteiger partial charge is 0.204 e. The molecular formula is C14H12F2N2O2S. The number of halogens is 2. The standard InChI is InChI=1S/C14H12F2N2O2S/c1-2-9-5-13(15)14(16)6-12(9)10-7-17-18(8-10)21(19,20)11-3-4-11/h2,5-8,11H,1,3-4H2. The fourth-order valence-electron chi connectivity index (χ4n) is 2.08. The van der Waals surface area contributed by atoms with Gasteiger partial charge in [0.25, 0.3) is 10.0 Å². The molecule has 2 aromatic rings. The van der Waals surface area contributed by atoms with E-state index in [0.29, 0.717) is 29.5 Å². The van der Waals surface area contributed by atoms with Gasteiger partial charge >= 0.3 is 0 Å². The van der Waals surface area contributed by atoms with Crippen molar-refractivity contribution in [2.75, 3.05) is 0 Å². The van der Waals surface area contributed by atoms with Crippen LogP contribution >= 0.6 is 0 Å². The van der Waals surface area contributed by atoms with Crippen LogP contribution in [0, 0.1) is 11.6 Å². The van der Waals surface area contributed by atoms with Crippen molar-refractivity contribution in [1.82, 2.24) is 9.19 Å². The van der Waals surface area contributed by atoms with Crippen LogP contribution < -0.4 is 0 Å². The zero-order chi connectivity index (χ0) is 15.2. The summed E-state index contributed by atoms with van der Waals surface area (Å²) in [5.74, 6) is -1.99. The quantitative estimate of drug-likeness (QED) is 0.872. The van der Waals surface area contributed by atoms with E-state index in [1.807, 2.05) is 0 Å². The summed E-state index contributed by atoms with van der Waals surface area (Å²) >= 11 is 0. The molecule has 0 aliphatic heterocycles. The zero-order valence-electron chi connectivity index (χ0n) is 11.0. The van der Waals surface area contributed by atoms with E-state index in [1.54, 1.807) is 0 Å². The lowest BCUT2D eigenvalue weighted by molar-refractivity contribution is 0.509. The van der Waals surface area contributed by atoms with E-state index in [9.17, 15) is 17.2 Å². The van der Waals surface area contributed by atoms with Crippen molar-refractivity contribution in [2.24, 2.45) is 0 Å². The highest BCUT2D eigenvalue weighted by Crippen LogP contribution is 2.31. The summed E-state index contributed by atoms with van der Waals surface area (Å²) in [6.07, 6.45) is 5.26. The molecule has 0 atom stereocenters. The van der Waals surface area contributed by atoms with Gasteiger partial charge in [-0.3, -0.25) is 0 Å². The number of nitrogens with zero attached hydrogens (tertiary/aromatic N) is 2. The average molecular weight is 310 g/mol. The van der Waals surface area contributed by atoms with Crippen molar-refractivity contribution >= 4 is 16.1 Å². The van der Waals surface area contributed by atoms with Gasteiger partial charge in [0.2, 0.25) is 0 Å². The molecule has 1 heterocycles. The number of benzene rings is 1. The summed E-state index contributed by atoms with van der Waals surface area (Å²) in [7, 11) is -3.48. The first-order valence-corrected chi connectivity index (χ1v) is 7.84. The molecule has 0 saturated heterocycles. The highest BCUT2D eigenvalue weighted by Gasteiger charge is 2.37. The third-order valence-corrected chi connectivity index (χ3v) is 5.42. The molecule has 0 unspecified atom stereocenters. The van der Waals surface area contributed by atoms with Crippen LogP contribution in [0.3, 0.4) is 0 Å². The molecule has 0 spiro atoms. The molecule has 1 fully saturated rings. The molecular weight excluding hydrogens is 298 g/mol. The molecule has 1 aliphatic rings. The van der Waals surface area contributed by atoms with Crippen LogP contribution in [-0.2, 0) is 10.0 Å². The lowest BCUT2D eigenvalue weighted by atomic mass is 10.0. The SMILES string of the molecule is C=Cc1cc(F)c(F)cc1-c1cnn(S(=O)(=O)C2CC2)c1. The molecule has 4 nitrogen and oxygen atoms in total. The number of hydrogen-bond donors (Lipinski definition) is 0. The minimum Gasteiger partial charge on any atom is -0.204 e. The monoisotopic (exact) mass is 310 g/mol. The third-order valence-electron chi connectivity index (χ3n) is 3.39. The zero-order valence-corrected chi connectivity index (χ0v) is 11.8. The summed E-state index contributed by atoms with van der Waals surface area (Å²) in [6.45, 7) is 3.55. The molecule has 0 radical (unpaired) electrons. The Bertz CT molecular complexity index is 823. The van der Waals surface area contributed by atoms with E-state index in [2.05, 4.69) is 11.7 Å². The molecule has 1 aromatic heterocycles. The van der Waals surface area contributed by atoms with Crippen LogP contribution in [0.5, 0.6) is 0 Å². The largest absolute Gasteiger partial charge is 0.256 e. The molecule has 1 saturated carbocycles. The Morgan fingerprint density at radius 2 is 1.95 bits per heavy atom. The van der Waals surface area contributed by atoms with Gasteiger partial charge in [0.05, 0.1) is 17.6 Å². The lowest BCUT2D eigenvalue weighted by Crippen LogP contribution is -2.17. The van der Waals surface area contributed by atoms with Crippen molar-refractivity contribution in [3.05, 3.63) is 48.3 Å². The molecule has 3 rings (SSSR count). The van der Waals surface area contributed by atoms with Gasteiger partial charge in [-0.05, 0) is 36.1 Å². The maximum Gasteiger partial charge on any atom is 0.256 e. The Kier molecular flexibility index (Phi) is 3.16. The maximum atomic E-state index is 13.4. The number of aromatic nitrogens is 2. The Morgan fingerprint density at radius 3 is 2.57 bits per heavy atom. The first kappa shape index (κ1) is 13.9. The second-order valence-electron chi connectivity index (χ2n) is 4.90. The number of rotatable bonds is 4. The summed E-state index contributed by atoms with van der Waals surface area (Å²) < 4.78 is 51.7. The van der Waals surface area contributed by atoms with Crippen molar-refractivity contribution in [3.63, 3.8) is 0 Å². The second-order valence-corrected chi connectivity index (χ2v) is 6.97. The Hall–Kier alpha value is -2.02. The molecule has 1 aromatic carbocycles. The highest BCUT2D eigenvalue weighted by molar-refractivity contribution is 7.90. The van der Waals surface area contributed by atoms with Gasteiger partial charge in [0.1, 0.15) is 0 Å². The Balaban J connectivity index is 2.08. The van der Waals surface area contributed by atoms with Crippen LogP contribution in [0.15, 0.2) is 31.1 Å². The van der Waals surface area contributed by atoms with Crippen molar-refractivity contribution in [1.29, 1.82) is 0 Å². The number of hydrogen-bond acceptors (Lipinski definition) is 3. The highest BCUT2D eigenvalue weighted by atomic mass is 32.2. The molecule has 0 bridgehead atoms.